The molecule has 1 aromatic carbocycles. The summed E-state index contributed by atoms with van der Waals surface area (Å²) in [6.45, 7) is 13.5. The second-order valence-corrected chi connectivity index (χ2v) is 9.41. The number of hydrogen-bond donors (Lipinski definition) is 1. The third kappa shape index (κ3) is 10.6. The average molecular weight is 475 g/mol. The standard InChI is InChI=1S/C13H20N2O.C10H10F2O.C5H10/c1-6-9(2)14-11-7-8-12(13(4,5)16)15-10(11)3;1-2-8(13)5-7-3-4-9(11)10(12)6-7;1-5-3-2-4-5/h7-8,16H,6H2,1-5H3;3-4,6H,2,5H2,1H3;5H,2-4H2,1H3. The highest BCUT2D eigenvalue weighted by molar-refractivity contribution is 5.84. The molecule has 0 unspecified atom stereocenters. The van der Waals surface area contributed by atoms with Gasteiger partial charge in [0.1, 0.15) is 11.4 Å². The first-order valence-corrected chi connectivity index (χ1v) is 12.1. The van der Waals surface area contributed by atoms with E-state index < -0.39 is 17.2 Å². The molecule has 1 aliphatic carbocycles. The van der Waals surface area contributed by atoms with Gasteiger partial charge < -0.3 is 5.11 Å². The van der Waals surface area contributed by atoms with Crippen molar-refractivity contribution in [3.8, 4) is 0 Å². The lowest BCUT2D eigenvalue weighted by Gasteiger charge is -2.18. The van der Waals surface area contributed by atoms with Gasteiger partial charge in [-0.25, -0.2) is 8.78 Å². The molecular formula is C28H40F2N2O2. The predicted molar refractivity (Wildman–Crippen MR) is 136 cm³/mol. The topological polar surface area (TPSA) is 62.5 Å². The number of aliphatic hydroxyl groups is 1. The lowest BCUT2D eigenvalue weighted by molar-refractivity contribution is -0.118. The van der Waals surface area contributed by atoms with Crippen LogP contribution in [-0.2, 0) is 16.8 Å². The number of halogens is 2. The van der Waals surface area contributed by atoms with Crippen molar-refractivity contribution in [2.24, 2.45) is 10.9 Å². The molecule has 0 bridgehead atoms. The minimum Gasteiger partial charge on any atom is -0.384 e. The molecule has 1 saturated carbocycles. The van der Waals surface area contributed by atoms with Crippen molar-refractivity contribution in [2.45, 2.75) is 92.6 Å². The van der Waals surface area contributed by atoms with E-state index >= 15 is 0 Å². The molecule has 34 heavy (non-hydrogen) atoms. The van der Waals surface area contributed by atoms with Crippen molar-refractivity contribution in [3.05, 3.63) is 58.9 Å². The highest BCUT2D eigenvalue weighted by atomic mass is 19.2. The van der Waals surface area contributed by atoms with Crippen molar-refractivity contribution in [2.75, 3.05) is 0 Å². The van der Waals surface area contributed by atoms with Gasteiger partial charge in [0.25, 0.3) is 0 Å². The van der Waals surface area contributed by atoms with Gasteiger partial charge in [0.05, 0.1) is 17.1 Å². The van der Waals surface area contributed by atoms with Crippen LogP contribution in [0, 0.1) is 24.5 Å². The number of nitrogens with zero attached hydrogens (tertiary/aromatic N) is 2. The van der Waals surface area contributed by atoms with Crippen LogP contribution in [0.3, 0.4) is 0 Å². The minimum absolute atomic E-state index is 0.0195. The zero-order valence-electron chi connectivity index (χ0n) is 21.7. The van der Waals surface area contributed by atoms with E-state index in [1.165, 1.54) is 25.3 Å². The molecule has 2 aromatic rings. The van der Waals surface area contributed by atoms with E-state index in [0.29, 0.717) is 17.7 Å². The third-order valence-corrected chi connectivity index (χ3v) is 5.68. The summed E-state index contributed by atoms with van der Waals surface area (Å²) in [6.07, 6.45) is 5.99. The number of ketones is 1. The van der Waals surface area contributed by atoms with Gasteiger partial charge in [0.15, 0.2) is 11.6 Å². The van der Waals surface area contributed by atoms with E-state index in [1.807, 2.05) is 26.0 Å². The summed E-state index contributed by atoms with van der Waals surface area (Å²) in [5, 5.41) is 9.83. The van der Waals surface area contributed by atoms with E-state index in [0.717, 1.165) is 41.6 Å². The van der Waals surface area contributed by atoms with E-state index in [2.05, 4.69) is 23.8 Å². The van der Waals surface area contributed by atoms with Gasteiger partial charge in [0.2, 0.25) is 0 Å². The normalized spacial score (nSPS) is 13.8. The Kier molecular flexibility index (Phi) is 12.2. The average Bonchev–Trinajstić information content (AvgIpc) is 2.76. The summed E-state index contributed by atoms with van der Waals surface area (Å²) >= 11 is 0. The predicted octanol–water partition coefficient (Wildman–Crippen LogP) is 7.41. The Morgan fingerprint density at radius 1 is 1.12 bits per heavy atom. The molecule has 1 aromatic heterocycles. The van der Waals surface area contributed by atoms with Crippen LogP contribution >= 0.6 is 0 Å². The molecule has 0 spiro atoms. The molecule has 0 aliphatic heterocycles. The first-order chi connectivity index (χ1) is 15.9. The van der Waals surface area contributed by atoms with Gasteiger partial charge >= 0.3 is 0 Å². The maximum atomic E-state index is 12.6. The third-order valence-electron chi connectivity index (χ3n) is 5.68. The van der Waals surface area contributed by atoms with Crippen LogP contribution in [0.4, 0.5) is 14.5 Å². The lowest BCUT2D eigenvalue weighted by Crippen LogP contribution is -2.17. The summed E-state index contributed by atoms with van der Waals surface area (Å²) in [7, 11) is 0. The van der Waals surface area contributed by atoms with Crippen LogP contribution in [0.25, 0.3) is 0 Å². The Bertz CT molecular complexity index is 961. The molecular weight excluding hydrogens is 434 g/mol. The minimum atomic E-state index is -0.901. The van der Waals surface area contributed by atoms with E-state index in [4.69, 9.17) is 0 Å². The molecule has 0 amide bonds. The second kappa shape index (κ2) is 14.1. The maximum absolute atomic E-state index is 12.6. The Morgan fingerprint density at radius 3 is 2.15 bits per heavy atom. The van der Waals surface area contributed by atoms with Crippen molar-refractivity contribution < 1.29 is 18.7 Å². The fourth-order valence-electron chi connectivity index (χ4n) is 2.91. The molecule has 4 nitrogen and oxygen atoms in total. The molecule has 0 saturated heterocycles. The van der Waals surface area contributed by atoms with Gasteiger partial charge in [-0.05, 0) is 69.9 Å². The zero-order chi connectivity index (χ0) is 25.9. The molecule has 1 heterocycles. The zero-order valence-corrected chi connectivity index (χ0v) is 21.7. The Hall–Kier alpha value is -2.47. The van der Waals surface area contributed by atoms with Crippen LogP contribution in [0.2, 0.25) is 0 Å². The quantitative estimate of drug-likeness (QED) is 0.443. The SMILES string of the molecule is CC1CCC1.CCC(=O)Cc1ccc(F)c(F)c1.CCC(C)=Nc1ccc(C(C)(C)O)nc1C. The molecule has 3 rings (SSSR count). The van der Waals surface area contributed by atoms with Gasteiger partial charge in [-0.1, -0.05) is 46.1 Å². The fraction of sp³-hybridized carbons (Fsp3) is 0.536. The smallest absolute Gasteiger partial charge is 0.159 e. The summed E-state index contributed by atoms with van der Waals surface area (Å²) in [6, 6.07) is 7.26. The molecule has 1 fully saturated rings. The molecule has 0 radical (unpaired) electrons. The number of aliphatic imine (C=N–C) groups is 1. The number of hydrogen-bond acceptors (Lipinski definition) is 4. The number of aromatic nitrogens is 1. The van der Waals surface area contributed by atoms with Crippen molar-refractivity contribution in [1.29, 1.82) is 0 Å². The number of carbonyl (C=O) groups excluding carboxylic acids is 1. The molecule has 1 aliphatic rings. The van der Waals surface area contributed by atoms with Crippen molar-refractivity contribution in [3.63, 3.8) is 0 Å². The van der Waals surface area contributed by atoms with Gasteiger partial charge in [-0.15, -0.1) is 0 Å². The van der Waals surface area contributed by atoms with Gasteiger partial charge in [-0.3, -0.25) is 14.8 Å². The van der Waals surface area contributed by atoms with Gasteiger partial charge in [0, 0.05) is 18.6 Å². The van der Waals surface area contributed by atoms with E-state index in [9.17, 15) is 18.7 Å². The molecule has 188 valence electrons. The summed E-state index contributed by atoms with van der Waals surface area (Å²) < 4.78 is 25.1. The van der Waals surface area contributed by atoms with Crippen LogP contribution in [0.5, 0.6) is 0 Å². The first kappa shape index (κ1) is 29.6. The van der Waals surface area contributed by atoms with E-state index in [1.54, 1.807) is 20.8 Å². The number of rotatable bonds is 6. The van der Waals surface area contributed by atoms with Crippen LogP contribution in [0.1, 0.15) is 90.6 Å². The highest BCUT2D eigenvalue weighted by Gasteiger charge is 2.18. The van der Waals surface area contributed by atoms with Crippen LogP contribution in [-0.4, -0.2) is 21.6 Å². The van der Waals surface area contributed by atoms with Crippen molar-refractivity contribution >= 4 is 17.2 Å². The van der Waals surface area contributed by atoms with Crippen LogP contribution in [0.15, 0.2) is 35.3 Å². The Labute approximate surface area is 203 Å². The first-order valence-electron chi connectivity index (χ1n) is 12.1. The lowest BCUT2D eigenvalue weighted by atomic mass is 9.88. The number of Topliss-reactive ketones (excluding diaryl/α,β-unsaturated/α-hetero) is 1. The highest BCUT2D eigenvalue weighted by Crippen LogP contribution is 2.24. The van der Waals surface area contributed by atoms with Crippen molar-refractivity contribution in [1.82, 2.24) is 4.98 Å². The largest absolute Gasteiger partial charge is 0.384 e. The second-order valence-electron chi connectivity index (χ2n) is 9.41. The van der Waals surface area contributed by atoms with E-state index in [-0.39, 0.29) is 12.2 Å². The van der Waals surface area contributed by atoms with Crippen LogP contribution < -0.4 is 0 Å². The summed E-state index contributed by atoms with van der Waals surface area (Å²) in [4.78, 5) is 19.8. The summed E-state index contributed by atoms with van der Waals surface area (Å²) in [5.74, 6) is -0.699. The molecule has 1 N–H and O–H groups in total. The van der Waals surface area contributed by atoms with Gasteiger partial charge in [-0.2, -0.15) is 0 Å². The monoisotopic (exact) mass is 474 g/mol. The number of benzene rings is 1. The fourth-order valence-corrected chi connectivity index (χ4v) is 2.91. The molecule has 0 atom stereocenters. The number of pyridine rings is 1. The number of aryl methyl sites for hydroxylation is 1. The maximum Gasteiger partial charge on any atom is 0.159 e. The Balaban J connectivity index is 0.000000286. The summed E-state index contributed by atoms with van der Waals surface area (Å²) in [5.41, 5.74) is 3.12. The number of carbonyl (C=O) groups is 1. The Morgan fingerprint density at radius 2 is 1.74 bits per heavy atom. The molecule has 6 heteroatoms.